The van der Waals surface area contributed by atoms with Gasteiger partial charge in [0.1, 0.15) is 6.61 Å². The molecule has 0 radical (unpaired) electrons. The predicted molar refractivity (Wildman–Crippen MR) is 121 cm³/mol. The van der Waals surface area contributed by atoms with Crippen molar-refractivity contribution >= 4 is 18.0 Å². The number of ether oxygens (including phenoxy) is 1. The molecular formula is C25H30N2O5. The molecule has 2 aromatic rings. The minimum absolute atomic E-state index is 0.00369. The lowest BCUT2D eigenvalue weighted by atomic mass is 9.98. The van der Waals surface area contributed by atoms with Crippen molar-refractivity contribution in [2.75, 3.05) is 6.61 Å². The van der Waals surface area contributed by atoms with E-state index in [1.807, 2.05) is 38.1 Å². The quantitative estimate of drug-likeness (QED) is 0.550. The van der Waals surface area contributed by atoms with Gasteiger partial charge in [-0.3, -0.25) is 9.59 Å². The van der Waals surface area contributed by atoms with Gasteiger partial charge in [-0.2, -0.15) is 0 Å². The summed E-state index contributed by atoms with van der Waals surface area (Å²) in [5, 5.41) is 14.3. The number of carbonyl (C=O) groups excluding carboxylic acids is 2. The smallest absolute Gasteiger partial charge is 0.407 e. The number of rotatable bonds is 9. The number of nitrogens with one attached hydrogen (secondary N) is 2. The van der Waals surface area contributed by atoms with Gasteiger partial charge in [0.25, 0.3) is 0 Å². The van der Waals surface area contributed by atoms with Crippen molar-refractivity contribution in [3.05, 3.63) is 59.7 Å². The van der Waals surface area contributed by atoms with Crippen molar-refractivity contribution in [1.29, 1.82) is 0 Å². The lowest BCUT2D eigenvalue weighted by molar-refractivity contribution is -0.137. The minimum Gasteiger partial charge on any atom is -0.481 e. The molecular weight excluding hydrogens is 408 g/mol. The summed E-state index contributed by atoms with van der Waals surface area (Å²) in [5.74, 6) is -1.33. The lowest BCUT2D eigenvalue weighted by Crippen LogP contribution is -2.44. The minimum atomic E-state index is -0.977. The van der Waals surface area contributed by atoms with Crippen molar-refractivity contribution < 1.29 is 24.2 Å². The summed E-state index contributed by atoms with van der Waals surface area (Å²) in [6.07, 6.45) is -0.680. The van der Waals surface area contributed by atoms with Crippen LogP contribution in [-0.2, 0) is 14.3 Å². The van der Waals surface area contributed by atoms with E-state index < -0.39 is 24.1 Å². The first-order valence-electron chi connectivity index (χ1n) is 10.9. The van der Waals surface area contributed by atoms with E-state index in [9.17, 15) is 14.4 Å². The lowest BCUT2D eigenvalue weighted by Gasteiger charge is -2.23. The predicted octanol–water partition coefficient (Wildman–Crippen LogP) is 3.92. The summed E-state index contributed by atoms with van der Waals surface area (Å²) < 4.78 is 5.58. The molecule has 7 nitrogen and oxygen atoms in total. The Bertz CT molecular complexity index is 942. The van der Waals surface area contributed by atoms with Gasteiger partial charge in [0, 0.05) is 24.4 Å². The van der Waals surface area contributed by atoms with Crippen molar-refractivity contribution in [1.82, 2.24) is 10.6 Å². The normalized spacial score (nSPS) is 14.2. The Morgan fingerprint density at radius 3 is 2.00 bits per heavy atom. The molecule has 3 rings (SSSR count). The fraction of sp³-hybridized carbons (Fsp3) is 0.400. The Balaban J connectivity index is 1.58. The molecule has 0 aromatic heterocycles. The standard InChI is InChI=1S/C25H30N2O5/c1-15(2)22(13-23(28)26-16(3)12-24(29)30)27-25(31)32-14-21-19-10-6-4-8-17(19)18-9-5-7-11-20(18)21/h4-11,15-16,21-22H,12-14H2,1-3H3,(H,26,28)(H,27,31)(H,29,30)/t16?,22-/m1/s1. The largest absolute Gasteiger partial charge is 0.481 e. The second kappa shape index (κ2) is 10.3. The van der Waals surface area contributed by atoms with Gasteiger partial charge in [-0.05, 0) is 35.1 Å². The average Bonchev–Trinajstić information content (AvgIpc) is 3.05. The third-order valence-corrected chi connectivity index (χ3v) is 5.75. The van der Waals surface area contributed by atoms with Crippen LogP contribution in [0.15, 0.2) is 48.5 Å². The molecule has 1 aliphatic carbocycles. The first-order valence-corrected chi connectivity index (χ1v) is 10.9. The summed E-state index contributed by atoms with van der Waals surface area (Å²) in [5.41, 5.74) is 4.58. The highest BCUT2D eigenvalue weighted by Gasteiger charge is 2.29. The third-order valence-electron chi connectivity index (χ3n) is 5.75. The number of carbonyl (C=O) groups is 3. The Morgan fingerprint density at radius 2 is 1.47 bits per heavy atom. The number of hydrogen-bond donors (Lipinski definition) is 3. The molecule has 0 spiro atoms. The number of amides is 2. The molecule has 1 aliphatic rings. The summed E-state index contributed by atoms with van der Waals surface area (Å²) in [6, 6.07) is 15.3. The number of carboxylic acid groups (broad SMARTS) is 1. The maximum atomic E-state index is 12.5. The summed E-state index contributed by atoms with van der Waals surface area (Å²) >= 11 is 0. The van der Waals surface area contributed by atoms with Crippen LogP contribution in [-0.4, -0.2) is 41.8 Å². The molecule has 1 unspecified atom stereocenters. The van der Waals surface area contributed by atoms with Crippen LogP contribution in [0.4, 0.5) is 4.79 Å². The highest BCUT2D eigenvalue weighted by molar-refractivity contribution is 5.80. The number of fused-ring (bicyclic) bond motifs is 3. The Labute approximate surface area is 188 Å². The van der Waals surface area contributed by atoms with Gasteiger partial charge in [-0.1, -0.05) is 62.4 Å². The van der Waals surface area contributed by atoms with Crippen molar-refractivity contribution in [2.45, 2.75) is 51.6 Å². The van der Waals surface area contributed by atoms with Crippen molar-refractivity contribution in [3.8, 4) is 11.1 Å². The Hall–Kier alpha value is -3.35. The molecule has 2 atom stereocenters. The molecule has 2 amide bonds. The molecule has 0 bridgehead atoms. The molecule has 0 aliphatic heterocycles. The number of aliphatic carboxylic acids is 1. The van der Waals surface area contributed by atoms with Gasteiger partial charge in [-0.15, -0.1) is 0 Å². The summed E-state index contributed by atoms with van der Waals surface area (Å²) in [4.78, 5) is 35.6. The molecule has 3 N–H and O–H groups in total. The average molecular weight is 439 g/mol. The third kappa shape index (κ3) is 5.66. The van der Waals surface area contributed by atoms with E-state index in [4.69, 9.17) is 9.84 Å². The second-order valence-electron chi connectivity index (χ2n) is 8.59. The van der Waals surface area contributed by atoms with Crippen LogP contribution in [0.5, 0.6) is 0 Å². The van der Waals surface area contributed by atoms with Gasteiger partial charge in [0.15, 0.2) is 0 Å². The van der Waals surface area contributed by atoms with E-state index >= 15 is 0 Å². The second-order valence-corrected chi connectivity index (χ2v) is 8.59. The van der Waals surface area contributed by atoms with E-state index in [0.717, 1.165) is 22.3 Å². The number of carboxylic acids is 1. The fourth-order valence-electron chi connectivity index (χ4n) is 4.09. The van der Waals surface area contributed by atoms with Gasteiger partial charge < -0.3 is 20.5 Å². The van der Waals surface area contributed by atoms with Gasteiger partial charge >= 0.3 is 12.1 Å². The topological polar surface area (TPSA) is 105 Å². The summed E-state index contributed by atoms with van der Waals surface area (Å²) in [6.45, 7) is 5.65. The molecule has 7 heteroatoms. The maximum Gasteiger partial charge on any atom is 0.407 e. The van der Waals surface area contributed by atoms with Gasteiger partial charge in [-0.25, -0.2) is 4.79 Å². The zero-order valence-electron chi connectivity index (χ0n) is 18.6. The summed E-state index contributed by atoms with van der Waals surface area (Å²) in [7, 11) is 0. The monoisotopic (exact) mass is 438 g/mol. The van der Waals surface area contributed by atoms with E-state index in [2.05, 4.69) is 34.9 Å². The fourth-order valence-corrected chi connectivity index (χ4v) is 4.09. The molecule has 170 valence electrons. The number of alkyl carbamates (subject to hydrolysis) is 1. The van der Waals surface area contributed by atoms with Crippen LogP contribution in [0.3, 0.4) is 0 Å². The molecule has 0 heterocycles. The van der Waals surface area contributed by atoms with Crippen LogP contribution in [0.2, 0.25) is 0 Å². The van der Waals surface area contributed by atoms with Crippen LogP contribution < -0.4 is 10.6 Å². The Morgan fingerprint density at radius 1 is 0.906 bits per heavy atom. The first-order chi connectivity index (χ1) is 15.3. The van der Waals surface area contributed by atoms with E-state index in [0.29, 0.717) is 0 Å². The van der Waals surface area contributed by atoms with Gasteiger partial charge in [0.05, 0.1) is 6.42 Å². The zero-order valence-corrected chi connectivity index (χ0v) is 18.6. The van der Waals surface area contributed by atoms with E-state index in [1.54, 1.807) is 6.92 Å². The Kier molecular flexibility index (Phi) is 7.51. The molecule has 0 saturated carbocycles. The van der Waals surface area contributed by atoms with Gasteiger partial charge in [0.2, 0.25) is 5.91 Å². The van der Waals surface area contributed by atoms with Crippen LogP contribution in [0, 0.1) is 5.92 Å². The van der Waals surface area contributed by atoms with E-state index in [1.165, 1.54) is 0 Å². The maximum absolute atomic E-state index is 12.5. The van der Waals surface area contributed by atoms with E-state index in [-0.39, 0.29) is 37.2 Å². The number of hydrogen-bond acceptors (Lipinski definition) is 4. The highest BCUT2D eigenvalue weighted by Crippen LogP contribution is 2.44. The van der Waals surface area contributed by atoms with Crippen molar-refractivity contribution in [3.63, 3.8) is 0 Å². The van der Waals surface area contributed by atoms with Crippen molar-refractivity contribution in [2.24, 2.45) is 5.92 Å². The number of benzene rings is 2. The highest BCUT2D eigenvalue weighted by atomic mass is 16.5. The SMILES string of the molecule is CC(CC(=O)O)NC(=O)C[C@@H](NC(=O)OCC1c2ccccc2-c2ccccc21)C(C)C. The van der Waals surface area contributed by atoms with Crippen LogP contribution in [0.25, 0.3) is 11.1 Å². The first kappa shape index (κ1) is 23.3. The molecule has 0 saturated heterocycles. The molecule has 32 heavy (non-hydrogen) atoms. The van der Waals surface area contributed by atoms with Crippen LogP contribution in [0.1, 0.15) is 50.7 Å². The molecule has 2 aromatic carbocycles. The zero-order chi connectivity index (χ0) is 23.3. The van der Waals surface area contributed by atoms with Crippen LogP contribution >= 0.6 is 0 Å². The molecule has 0 fully saturated rings.